The highest BCUT2D eigenvalue weighted by molar-refractivity contribution is 9.10. The molecular formula is C32H24BrNSi. The third-order valence-electron chi connectivity index (χ3n) is 7.66. The van der Waals surface area contributed by atoms with E-state index in [2.05, 4.69) is 143 Å². The van der Waals surface area contributed by atoms with Crippen LogP contribution in [0.5, 0.6) is 0 Å². The first-order valence-corrected chi connectivity index (χ1v) is 15.9. The summed E-state index contributed by atoms with van der Waals surface area (Å²) >= 11 is 3.69. The van der Waals surface area contributed by atoms with E-state index in [9.17, 15) is 0 Å². The number of fused-ring (bicyclic) bond motifs is 6. The molecule has 0 amide bonds. The molecule has 0 unspecified atom stereocenters. The third kappa shape index (κ3) is 3.05. The van der Waals surface area contributed by atoms with E-state index in [1.807, 2.05) is 0 Å². The van der Waals surface area contributed by atoms with Crippen molar-refractivity contribution in [3.8, 4) is 27.9 Å². The Bertz CT molecular complexity index is 1780. The Morgan fingerprint density at radius 1 is 0.571 bits per heavy atom. The van der Waals surface area contributed by atoms with Crippen molar-refractivity contribution in [1.82, 2.24) is 4.57 Å². The van der Waals surface area contributed by atoms with E-state index in [1.165, 1.54) is 64.6 Å². The number of rotatable bonds is 2. The molecule has 1 nitrogen and oxygen atoms in total. The standard InChI is InChI=1S/C32H24BrNSi/c1-35(2)31-19-22(12-15-26(31)27-16-14-23(33)20-32(27)35)21-13-17-30-28(18-21)25-10-6-7-11-29(25)34(30)24-8-4-3-5-9-24/h3-20H,1-2H3. The Hall–Kier alpha value is -3.40. The Morgan fingerprint density at radius 2 is 1.20 bits per heavy atom. The molecule has 1 aromatic heterocycles. The largest absolute Gasteiger partial charge is 0.309 e. The van der Waals surface area contributed by atoms with Crippen LogP contribution < -0.4 is 10.4 Å². The lowest BCUT2D eigenvalue weighted by Crippen LogP contribution is -2.49. The van der Waals surface area contributed by atoms with Gasteiger partial charge in [-0.25, -0.2) is 0 Å². The van der Waals surface area contributed by atoms with Crippen molar-refractivity contribution in [2.45, 2.75) is 13.1 Å². The number of benzene rings is 5. The lowest BCUT2D eigenvalue weighted by Gasteiger charge is -2.19. The maximum absolute atomic E-state index is 3.69. The van der Waals surface area contributed by atoms with Gasteiger partial charge < -0.3 is 4.57 Å². The molecule has 0 spiro atoms. The van der Waals surface area contributed by atoms with Gasteiger partial charge in [-0.15, -0.1) is 0 Å². The molecule has 1 aliphatic heterocycles. The summed E-state index contributed by atoms with van der Waals surface area (Å²) in [7, 11) is -1.75. The van der Waals surface area contributed by atoms with Crippen LogP contribution in [0.15, 0.2) is 114 Å². The van der Waals surface area contributed by atoms with Crippen molar-refractivity contribution in [3.63, 3.8) is 0 Å². The van der Waals surface area contributed by atoms with Crippen molar-refractivity contribution in [2.24, 2.45) is 0 Å². The number of nitrogens with zero attached hydrogens (tertiary/aromatic N) is 1. The third-order valence-corrected chi connectivity index (χ3v) is 11.7. The van der Waals surface area contributed by atoms with E-state index in [0.29, 0.717) is 0 Å². The Balaban J connectivity index is 1.43. The van der Waals surface area contributed by atoms with Crippen molar-refractivity contribution in [3.05, 3.63) is 114 Å². The first kappa shape index (κ1) is 20.9. The van der Waals surface area contributed by atoms with E-state index in [0.717, 1.165) is 0 Å². The molecule has 35 heavy (non-hydrogen) atoms. The predicted octanol–water partition coefficient (Wildman–Crippen LogP) is 8.02. The molecule has 5 aromatic carbocycles. The molecule has 0 fully saturated rings. The number of aromatic nitrogens is 1. The van der Waals surface area contributed by atoms with E-state index >= 15 is 0 Å². The monoisotopic (exact) mass is 529 g/mol. The molecule has 0 N–H and O–H groups in total. The number of halogens is 1. The summed E-state index contributed by atoms with van der Waals surface area (Å²) in [5.74, 6) is 0. The summed E-state index contributed by atoms with van der Waals surface area (Å²) in [5, 5.41) is 5.66. The van der Waals surface area contributed by atoms with Gasteiger partial charge in [-0.2, -0.15) is 0 Å². The quantitative estimate of drug-likeness (QED) is 0.200. The van der Waals surface area contributed by atoms with E-state index < -0.39 is 8.07 Å². The Morgan fingerprint density at radius 3 is 2.03 bits per heavy atom. The van der Waals surface area contributed by atoms with Crippen LogP contribution in [-0.2, 0) is 0 Å². The van der Waals surface area contributed by atoms with Crippen LogP contribution in [0, 0.1) is 0 Å². The Labute approximate surface area is 214 Å². The van der Waals surface area contributed by atoms with Crippen LogP contribution in [-0.4, -0.2) is 12.6 Å². The fraction of sp³-hybridized carbons (Fsp3) is 0.0625. The first-order valence-electron chi connectivity index (χ1n) is 12.1. The van der Waals surface area contributed by atoms with Crippen LogP contribution in [0.25, 0.3) is 49.7 Å². The average molecular weight is 531 g/mol. The van der Waals surface area contributed by atoms with E-state index in [1.54, 1.807) is 0 Å². The van der Waals surface area contributed by atoms with E-state index in [-0.39, 0.29) is 0 Å². The molecule has 0 saturated carbocycles. The molecule has 1 aliphatic rings. The van der Waals surface area contributed by atoms with Gasteiger partial charge in [0.1, 0.15) is 8.07 Å². The van der Waals surface area contributed by atoms with E-state index in [4.69, 9.17) is 0 Å². The van der Waals surface area contributed by atoms with Gasteiger partial charge in [0.15, 0.2) is 0 Å². The minimum atomic E-state index is -1.75. The molecule has 0 aliphatic carbocycles. The van der Waals surface area contributed by atoms with Crippen molar-refractivity contribution < 1.29 is 0 Å². The molecule has 3 heteroatoms. The van der Waals surface area contributed by atoms with Gasteiger partial charge in [-0.3, -0.25) is 0 Å². The molecular weight excluding hydrogens is 506 g/mol. The number of hydrogen-bond acceptors (Lipinski definition) is 0. The zero-order valence-electron chi connectivity index (χ0n) is 19.7. The van der Waals surface area contributed by atoms with Gasteiger partial charge in [-0.05, 0) is 75.1 Å². The summed E-state index contributed by atoms with van der Waals surface area (Å²) in [6.45, 7) is 4.95. The zero-order chi connectivity index (χ0) is 23.7. The summed E-state index contributed by atoms with van der Waals surface area (Å²) < 4.78 is 3.55. The summed E-state index contributed by atoms with van der Waals surface area (Å²) in [6.07, 6.45) is 0. The topological polar surface area (TPSA) is 4.93 Å². The van der Waals surface area contributed by atoms with Gasteiger partial charge in [0.25, 0.3) is 0 Å². The second-order valence-electron chi connectivity index (χ2n) is 10.00. The van der Waals surface area contributed by atoms with Crippen molar-refractivity contribution >= 4 is 56.2 Å². The second kappa shape index (κ2) is 7.55. The van der Waals surface area contributed by atoms with Gasteiger partial charge in [-0.1, -0.05) is 95.8 Å². The molecule has 0 radical (unpaired) electrons. The molecule has 0 saturated heterocycles. The van der Waals surface area contributed by atoms with Crippen LogP contribution in [0.3, 0.4) is 0 Å². The van der Waals surface area contributed by atoms with Crippen LogP contribution in [0.2, 0.25) is 13.1 Å². The predicted molar refractivity (Wildman–Crippen MR) is 156 cm³/mol. The smallest absolute Gasteiger partial charge is 0.113 e. The fourth-order valence-electron chi connectivity index (χ4n) is 5.90. The second-order valence-corrected chi connectivity index (χ2v) is 15.2. The molecule has 0 bridgehead atoms. The maximum atomic E-state index is 3.69. The molecule has 6 aromatic rings. The fourth-order valence-corrected chi connectivity index (χ4v) is 9.57. The summed E-state index contributed by atoms with van der Waals surface area (Å²) in [6, 6.07) is 40.3. The normalized spacial score (nSPS) is 13.8. The number of para-hydroxylation sites is 2. The zero-order valence-corrected chi connectivity index (χ0v) is 22.3. The molecule has 0 atom stereocenters. The minimum Gasteiger partial charge on any atom is -0.309 e. The lowest BCUT2D eigenvalue weighted by atomic mass is 9.99. The number of hydrogen-bond donors (Lipinski definition) is 0. The maximum Gasteiger partial charge on any atom is 0.113 e. The molecule has 2 heterocycles. The average Bonchev–Trinajstić information content (AvgIpc) is 3.33. The summed E-state index contributed by atoms with van der Waals surface area (Å²) in [4.78, 5) is 0. The van der Waals surface area contributed by atoms with Gasteiger partial charge in [0.05, 0.1) is 11.0 Å². The van der Waals surface area contributed by atoms with Crippen LogP contribution >= 0.6 is 15.9 Å². The van der Waals surface area contributed by atoms with Gasteiger partial charge in [0, 0.05) is 20.9 Å². The highest BCUT2D eigenvalue weighted by Crippen LogP contribution is 2.36. The lowest BCUT2D eigenvalue weighted by molar-refractivity contribution is 1.18. The van der Waals surface area contributed by atoms with Crippen LogP contribution in [0.4, 0.5) is 0 Å². The van der Waals surface area contributed by atoms with Gasteiger partial charge in [0.2, 0.25) is 0 Å². The van der Waals surface area contributed by atoms with Crippen molar-refractivity contribution in [2.75, 3.05) is 0 Å². The first-order chi connectivity index (χ1) is 17.0. The van der Waals surface area contributed by atoms with Gasteiger partial charge >= 0.3 is 0 Å². The summed E-state index contributed by atoms with van der Waals surface area (Å²) in [5.41, 5.74) is 9.08. The highest BCUT2D eigenvalue weighted by atomic mass is 79.9. The Kier molecular flexibility index (Phi) is 4.51. The molecule has 7 rings (SSSR count). The molecule has 168 valence electrons. The van der Waals surface area contributed by atoms with Crippen molar-refractivity contribution in [1.29, 1.82) is 0 Å². The van der Waals surface area contributed by atoms with Crippen LogP contribution in [0.1, 0.15) is 0 Å². The minimum absolute atomic E-state index is 1.17. The highest BCUT2D eigenvalue weighted by Gasteiger charge is 2.37. The SMILES string of the molecule is C[Si]1(C)c2cc(Br)ccc2-c2ccc(-c3ccc4c(c3)c3ccccc3n4-c3ccccc3)cc21.